The number of halogens is 2. The van der Waals surface area contributed by atoms with Gasteiger partial charge in [-0.05, 0) is 38.1 Å². The molecule has 1 saturated heterocycles. The summed E-state index contributed by atoms with van der Waals surface area (Å²) in [7, 11) is 2.23. The molecular weight excluding hydrogens is 219 g/mol. The quantitative estimate of drug-likeness (QED) is 0.761. The van der Waals surface area contributed by atoms with Crippen molar-refractivity contribution in [2.75, 3.05) is 20.1 Å². The molecule has 1 aliphatic carbocycles. The summed E-state index contributed by atoms with van der Waals surface area (Å²) < 4.78 is 0. The monoisotopic (exact) mass is 240 g/mol. The Kier molecular flexibility index (Phi) is 5.75. The molecule has 0 aromatic heterocycles. The van der Waals surface area contributed by atoms with E-state index in [2.05, 4.69) is 11.9 Å². The lowest BCUT2D eigenvalue weighted by Gasteiger charge is -2.50. The molecule has 86 valence electrons. The maximum absolute atomic E-state index is 5.70. The van der Waals surface area contributed by atoms with Gasteiger partial charge in [-0.15, -0.1) is 24.8 Å². The number of nitrogens with two attached hydrogens (primary N) is 1. The molecule has 0 amide bonds. The van der Waals surface area contributed by atoms with Crippen LogP contribution in [0, 0.1) is 5.41 Å². The zero-order valence-corrected chi connectivity index (χ0v) is 10.5. The molecule has 1 atom stereocenters. The van der Waals surface area contributed by atoms with E-state index in [-0.39, 0.29) is 24.8 Å². The second-order valence-corrected chi connectivity index (χ2v) is 4.70. The van der Waals surface area contributed by atoms with Gasteiger partial charge in [0, 0.05) is 19.1 Å². The van der Waals surface area contributed by atoms with Crippen LogP contribution < -0.4 is 5.73 Å². The van der Waals surface area contributed by atoms with E-state index < -0.39 is 0 Å². The number of nitrogens with zero attached hydrogens (tertiary/aromatic N) is 1. The van der Waals surface area contributed by atoms with Crippen molar-refractivity contribution in [3.63, 3.8) is 0 Å². The molecule has 2 nitrogen and oxygen atoms in total. The van der Waals surface area contributed by atoms with E-state index in [1.165, 1.54) is 38.6 Å². The van der Waals surface area contributed by atoms with Gasteiger partial charge in [-0.25, -0.2) is 0 Å². The number of piperidine rings is 1. The zero-order valence-electron chi connectivity index (χ0n) is 8.87. The Hall–Kier alpha value is 0.500. The zero-order chi connectivity index (χ0) is 8.60. The second kappa shape index (κ2) is 5.55. The second-order valence-electron chi connectivity index (χ2n) is 4.70. The van der Waals surface area contributed by atoms with Crippen molar-refractivity contribution in [1.82, 2.24) is 4.90 Å². The van der Waals surface area contributed by atoms with Crippen molar-refractivity contribution in [2.24, 2.45) is 11.1 Å². The highest BCUT2D eigenvalue weighted by Crippen LogP contribution is 2.48. The van der Waals surface area contributed by atoms with Crippen LogP contribution in [0.15, 0.2) is 0 Å². The summed E-state index contributed by atoms with van der Waals surface area (Å²) in [6.45, 7) is 2.14. The Morgan fingerprint density at radius 1 is 1.29 bits per heavy atom. The van der Waals surface area contributed by atoms with Crippen LogP contribution >= 0.6 is 24.8 Å². The van der Waals surface area contributed by atoms with Gasteiger partial charge in [-0.1, -0.05) is 6.42 Å². The molecule has 1 aliphatic heterocycles. The molecule has 1 heterocycles. The maximum Gasteiger partial charge on any atom is 0.0215 e. The van der Waals surface area contributed by atoms with Crippen molar-refractivity contribution in [1.29, 1.82) is 0 Å². The Balaban J connectivity index is 0.000000845. The van der Waals surface area contributed by atoms with Gasteiger partial charge in [0.2, 0.25) is 0 Å². The lowest BCUT2D eigenvalue weighted by atomic mass is 9.63. The minimum absolute atomic E-state index is 0. The number of rotatable bonds is 1. The normalized spacial score (nSPS) is 30.0. The average molecular weight is 241 g/mol. The number of likely N-dealkylation sites (tertiary alicyclic amines) is 1. The van der Waals surface area contributed by atoms with Gasteiger partial charge in [-0.3, -0.25) is 0 Å². The van der Waals surface area contributed by atoms with E-state index in [4.69, 9.17) is 5.73 Å². The standard InChI is InChI=1S/C10H20N2.2ClH/c1-12-8-10(4-2-5-10)6-3-9(12)7-11;;/h9H,2-8,11H2,1H3;2*1H. The lowest BCUT2D eigenvalue weighted by molar-refractivity contribution is 0.00474. The number of hydrogen-bond acceptors (Lipinski definition) is 2. The Morgan fingerprint density at radius 2 is 1.93 bits per heavy atom. The summed E-state index contributed by atoms with van der Waals surface area (Å²) in [6, 6.07) is 0.663. The molecule has 14 heavy (non-hydrogen) atoms. The highest BCUT2D eigenvalue weighted by molar-refractivity contribution is 5.85. The summed E-state index contributed by atoms with van der Waals surface area (Å²) in [5, 5.41) is 0. The van der Waals surface area contributed by atoms with Crippen LogP contribution in [0.5, 0.6) is 0 Å². The fourth-order valence-electron chi connectivity index (χ4n) is 2.81. The maximum atomic E-state index is 5.70. The van der Waals surface area contributed by atoms with Crippen molar-refractivity contribution in [3.8, 4) is 0 Å². The van der Waals surface area contributed by atoms with E-state index in [1.807, 2.05) is 0 Å². The molecule has 2 fully saturated rings. The van der Waals surface area contributed by atoms with Crippen LogP contribution in [-0.4, -0.2) is 31.1 Å². The summed E-state index contributed by atoms with van der Waals surface area (Å²) in [5.41, 5.74) is 6.42. The third-order valence-electron chi connectivity index (χ3n) is 3.90. The smallest absolute Gasteiger partial charge is 0.0215 e. The minimum atomic E-state index is 0. The van der Waals surface area contributed by atoms with Gasteiger partial charge in [0.05, 0.1) is 0 Å². The summed E-state index contributed by atoms with van der Waals surface area (Å²) in [4.78, 5) is 2.47. The van der Waals surface area contributed by atoms with Gasteiger partial charge in [-0.2, -0.15) is 0 Å². The predicted molar refractivity (Wildman–Crippen MR) is 65.5 cm³/mol. The first-order chi connectivity index (χ1) is 5.76. The van der Waals surface area contributed by atoms with Crippen LogP contribution in [0.25, 0.3) is 0 Å². The molecule has 0 aromatic rings. The van der Waals surface area contributed by atoms with Gasteiger partial charge in [0.1, 0.15) is 0 Å². The molecule has 1 saturated carbocycles. The molecule has 0 radical (unpaired) electrons. The van der Waals surface area contributed by atoms with E-state index in [1.54, 1.807) is 0 Å². The first-order valence-electron chi connectivity index (χ1n) is 5.16. The van der Waals surface area contributed by atoms with Gasteiger partial charge < -0.3 is 10.6 Å². The largest absolute Gasteiger partial charge is 0.329 e. The fraction of sp³-hybridized carbons (Fsp3) is 1.00. The third kappa shape index (κ3) is 2.54. The molecule has 4 heteroatoms. The molecule has 1 unspecified atom stereocenters. The molecular formula is C10H22Cl2N2. The number of hydrogen-bond donors (Lipinski definition) is 1. The van der Waals surface area contributed by atoms with E-state index >= 15 is 0 Å². The van der Waals surface area contributed by atoms with Crippen LogP contribution in [0.3, 0.4) is 0 Å². The molecule has 2 aliphatic rings. The minimum Gasteiger partial charge on any atom is -0.329 e. The SMILES string of the molecule is CN1CC2(CCC2)CCC1CN.Cl.Cl. The lowest BCUT2D eigenvalue weighted by Crippen LogP contribution is -2.52. The predicted octanol–water partition coefficient (Wildman–Crippen LogP) is 2.05. The molecule has 2 rings (SSSR count). The van der Waals surface area contributed by atoms with Gasteiger partial charge >= 0.3 is 0 Å². The van der Waals surface area contributed by atoms with Crippen molar-refractivity contribution >= 4 is 24.8 Å². The topological polar surface area (TPSA) is 29.3 Å². The molecule has 0 aromatic carbocycles. The van der Waals surface area contributed by atoms with Crippen LogP contribution in [-0.2, 0) is 0 Å². The van der Waals surface area contributed by atoms with Crippen molar-refractivity contribution in [3.05, 3.63) is 0 Å². The molecule has 1 spiro atoms. The van der Waals surface area contributed by atoms with Crippen LogP contribution in [0.1, 0.15) is 32.1 Å². The Morgan fingerprint density at radius 3 is 2.29 bits per heavy atom. The summed E-state index contributed by atoms with van der Waals surface area (Å²) in [6.07, 6.45) is 7.15. The van der Waals surface area contributed by atoms with E-state index in [9.17, 15) is 0 Å². The first kappa shape index (κ1) is 14.5. The van der Waals surface area contributed by atoms with Crippen molar-refractivity contribution < 1.29 is 0 Å². The highest BCUT2D eigenvalue weighted by Gasteiger charge is 2.41. The summed E-state index contributed by atoms with van der Waals surface area (Å²) >= 11 is 0. The number of likely N-dealkylation sites (N-methyl/N-ethyl adjacent to an activating group) is 1. The third-order valence-corrected chi connectivity index (χ3v) is 3.90. The van der Waals surface area contributed by atoms with Crippen molar-refractivity contribution in [2.45, 2.75) is 38.1 Å². The Bertz CT molecular complexity index is 172. The highest BCUT2D eigenvalue weighted by atomic mass is 35.5. The Labute approximate surface area is 99.4 Å². The molecule has 2 N–H and O–H groups in total. The van der Waals surface area contributed by atoms with E-state index in [0.29, 0.717) is 6.04 Å². The molecule has 0 bridgehead atoms. The fourth-order valence-corrected chi connectivity index (χ4v) is 2.81. The average Bonchev–Trinajstić information content (AvgIpc) is 2.01. The van der Waals surface area contributed by atoms with Gasteiger partial charge in [0.15, 0.2) is 0 Å². The van der Waals surface area contributed by atoms with E-state index in [0.717, 1.165) is 12.0 Å². The summed E-state index contributed by atoms with van der Waals surface area (Å²) in [5.74, 6) is 0. The van der Waals surface area contributed by atoms with Gasteiger partial charge in [0.25, 0.3) is 0 Å². The van der Waals surface area contributed by atoms with Crippen LogP contribution in [0.4, 0.5) is 0 Å². The first-order valence-corrected chi connectivity index (χ1v) is 5.16. The van der Waals surface area contributed by atoms with Crippen LogP contribution in [0.2, 0.25) is 0 Å².